The summed E-state index contributed by atoms with van der Waals surface area (Å²) < 4.78 is 7.31. The van der Waals surface area contributed by atoms with E-state index in [4.69, 9.17) is 4.74 Å². The highest BCUT2D eigenvalue weighted by Gasteiger charge is 2.22. The molecular weight excluding hydrogens is 372 g/mol. The predicted molar refractivity (Wildman–Crippen MR) is 112 cm³/mol. The lowest BCUT2D eigenvalue weighted by Crippen LogP contribution is -2.43. The van der Waals surface area contributed by atoms with Crippen LogP contribution in [0.2, 0.25) is 0 Å². The SMILES string of the molecule is Cc1ccc([C@@H](CN2CCOCC2)NC(=O)c2cc3c(C)nn(C)c3s2)cc1. The quantitative estimate of drug-likeness (QED) is 0.718. The van der Waals surface area contributed by atoms with Gasteiger partial charge in [-0.1, -0.05) is 29.8 Å². The van der Waals surface area contributed by atoms with Crippen LogP contribution in [-0.4, -0.2) is 53.4 Å². The van der Waals surface area contributed by atoms with Crippen molar-refractivity contribution >= 4 is 27.5 Å². The van der Waals surface area contributed by atoms with E-state index < -0.39 is 0 Å². The van der Waals surface area contributed by atoms with E-state index >= 15 is 0 Å². The summed E-state index contributed by atoms with van der Waals surface area (Å²) in [6.07, 6.45) is 0. The lowest BCUT2D eigenvalue weighted by Gasteiger charge is -2.31. The fraction of sp³-hybridized carbons (Fsp3) is 0.429. The molecule has 0 bridgehead atoms. The minimum Gasteiger partial charge on any atom is -0.379 e. The van der Waals surface area contributed by atoms with Gasteiger partial charge in [-0.15, -0.1) is 11.3 Å². The molecule has 0 radical (unpaired) electrons. The number of benzene rings is 1. The van der Waals surface area contributed by atoms with Crippen molar-refractivity contribution in [3.8, 4) is 0 Å². The monoisotopic (exact) mass is 398 g/mol. The first-order valence-electron chi connectivity index (χ1n) is 9.62. The Kier molecular flexibility index (Phi) is 5.48. The summed E-state index contributed by atoms with van der Waals surface area (Å²) in [5.41, 5.74) is 3.30. The smallest absolute Gasteiger partial charge is 0.261 e. The Morgan fingerprint density at radius 2 is 1.96 bits per heavy atom. The Bertz CT molecular complexity index is 936. The van der Waals surface area contributed by atoms with Crippen molar-refractivity contribution in [2.75, 3.05) is 32.8 Å². The topological polar surface area (TPSA) is 59.4 Å². The Hall–Kier alpha value is -2.22. The van der Waals surface area contributed by atoms with Crippen molar-refractivity contribution in [3.63, 3.8) is 0 Å². The van der Waals surface area contributed by atoms with Crippen LogP contribution in [-0.2, 0) is 11.8 Å². The lowest BCUT2D eigenvalue weighted by atomic mass is 10.0. The number of nitrogens with one attached hydrogen (secondary N) is 1. The van der Waals surface area contributed by atoms with Crippen molar-refractivity contribution in [2.24, 2.45) is 7.05 Å². The van der Waals surface area contributed by atoms with E-state index in [1.54, 1.807) is 0 Å². The third kappa shape index (κ3) is 3.97. The van der Waals surface area contributed by atoms with Gasteiger partial charge >= 0.3 is 0 Å². The van der Waals surface area contributed by atoms with Crippen LogP contribution in [0.5, 0.6) is 0 Å². The van der Waals surface area contributed by atoms with Crippen LogP contribution in [0, 0.1) is 13.8 Å². The molecule has 6 nitrogen and oxygen atoms in total. The van der Waals surface area contributed by atoms with E-state index in [0.717, 1.165) is 59.2 Å². The minimum absolute atomic E-state index is 0.0283. The lowest BCUT2D eigenvalue weighted by molar-refractivity contribution is 0.0332. The van der Waals surface area contributed by atoms with Crippen molar-refractivity contribution in [1.82, 2.24) is 20.0 Å². The maximum absolute atomic E-state index is 13.1. The number of hydrogen-bond donors (Lipinski definition) is 1. The van der Waals surface area contributed by atoms with Crippen LogP contribution in [0.1, 0.15) is 32.5 Å². The standard InChI is InChI=1S/C21H26N4O2S/c1-14-4-6-16(7-5-14)18(13-25-8-10-27-11-9-25)22-20(26)19-12-17-15(2)23-24(3)21(17)28-19/h4-7,12,18H,8-11,13H2,1-3H3,(H,22,26)/t18-/m1/s1. The average Bonchev–Trinajstić information content (AvgIpc) is 3.24. The van der Waals surface area contributed by atoms with Crippen LogP contribution in [0.15, 0.2) is 30.3 Å². The Balaban J connectivity index is 1.56. The molecule has 0 spiro atoms. The zero-order chi connectivity index (χ0) is 19.7. The van der Waals surface area contributed by atoms with Gasteiger partial charge < -0.3 is 10.1 Å². The molecule has 1 aromatic carbocycles. The largest absolute Gasteiger partial charge is 0.379 e. The van der Waals surface area contributed by atoms with Crippen LogP contribution in [0.25, 0.3) is 10.2 Å². The highest BCUT2D eigenvalue weighted by atomic mass is 32.1. The Morgan fingerprint density at radius 3 is 2.64 bits per heavy atom. The maximum atomic E-state index is 13.1. The van der Waals surface area contributed by atoms with Gasteiger partial charge in [-0.25, -0.2) is 0 Å². The van der Waals surface area contributed by atoms with Gasteiger partial charge in [0.1, 0.15) is 4.83 Å². The summed E-state index contributed by atoms with van der Waals surface area (Å²) in [4.78, 5) is 17.2. The molecule has 28 heavy (non-hydrogen) atoms. The van der Waals surface area contributed by atoms with Crippen LogP contribution in [0.4, 0.5) is 0 Å². The molecule has 3 aromatic rings. The van der Waals surface area contributed by atoms with E-state index in [1.807, 2.05) is 24.7 Å². The van der Waals surface area contributed by atoms with Gasteiger partial charge in [0.25, 0.3) is 5.91 Å². The van der Waals surface area contributed by atoms with E-state index in [2.05, 4.69) is 46.5 Å². The van der Waals surface area contributed by atoms with Gasteiger partial charge in [0, 0.05) is 32.1 Å². The highest BCUT2D eigenvalue weighted by molar-refractivity contribution is 7.20. The molecule has 148 valence electrons. The second-order valence-corrected chi connectivity index (χ2v) is 8.42. The van der Waals surface area contributed by atoms with Crippen molar-refractivity contribution in [1.29, 1.82) is 0 Å². The fourth-order valence-electron chi connectivity index (χ4n) is 3.62. The summed E-state index contributed by atoms with van der Waals surface area (Å²) in [6, 6.07) is 10.3. The number of thiophene rings is 1. The number of fused-ring (bicyclic) bond motifs is 1. The van der Waals surface area contributed by atoms with Gasteiger partial charge in [-0.3, -0.25) is 14.4 Å². The number of rotatable bonds is 5. The average molecular weight is 399 g/mol. The van der Waals surface area contributed by atoms with E-state index in [-0.39, 0.29) is 11.9 Å². The normalized spacial score (nSPS) is 16.4. The van der Waals surface area contributed by atoms with Crippen molar-refractivity contribution < 1.29 is 9.53 Å². The van der Waals surface area contributed by atoms with E-state index in [1.165, 1.54) is 16.9 Å². The number of carbonyl (C=O) groups excluding carboxylic acids is 1. The molecule has 1 N–H and O–H groups in total. The zero-order valence-corrected chi connectivity index (χ0v) is 17.4. The van der Waals surface area contributed by atoms with Gasteiger partial charge in [-0.2, -0.15) is 5.10 Å². The van der Waals surface area contributed by atoms with Crippen LogP contribution in [0.3, 0.4) is 0 Å². The number of nitrogens with zero attached hydrogens (tertiary/aromatic N) is 3. The number of aryl methyl sites for hydroxylation is 3. The van der Waals surface area contributed by atoms with Gasteiger partial charge in [0.15, 0.2) is 0 Å². The predicted octanol–water partition coefficient (Wildman–Crippen LogP) is 3.05. The first kappa shape index (κ1) is 19.1. The molecule has 0 unspecified atom stereocenters. The number of amides is 1. The summed E-state index contributed by atoms with van der Waals surface area (Å²) in [5, 5.41) is 8.74. The second kappa shape index (κ2) is 8.03. The molecule has 4 rings (SSSR count). The Labute approximate surface area is 169 Å². The molecule has 0 saturated carbocycles. The molecule has 1 atom stereocenters. The molecule has 1 amide bonds. The highest BCUT2D eigenvalue weighted by Crippen LogP contribution is 2.28. The molecule has 0 aliphatic carbocycles. The molecule has 1 fully saturated rings. The number of hydrogen-bond acceptors (Lipinski definition) is 5. The van der Waals surface area contributed by atoms with Gasteiger partial charge in [-0.05, 0) is 25.5 Å². The van der Waals surface area contributed by atoms with Crippen molar-refractivity contribution in [2.45, 2.75) is 19.9 Å². The fourth-order valence-corrected chi connectivity index (χ4v) is 4.65. The minimum atomic E-state index is -0.0596. The molecule has 1 aliphatic rings. The molecule has 1 saturated heterocycles. The number of morpholine rings is 1. The number of ether oxygens (including phenoxy) is 1. The third-order valence-corrected chi connectivity index (χ3v) is 6.45. The molecule has 2 aromatic heterocycles. The zero-order valence-electron chi connectivity index (χ0n) is 16.6. The summed E-state index contributed by atoms with van der Waals surface area (Å²) in [5.74, 6) is -0.0283. The van der Waals surface area contributed by atoms with Crippen molar-refractivity contribution in [3.05, 3.63) is 52.0 Å². The summed E-state index contributed by atoms with van der Waals surface area (Å²) in [6.45, 7) is 8.12. The van der Waals surface area contributed by atoms with Gasteiger partial charge in [0.2, 0.25) is 0 Å². The van der Waals surface area contributed by atoms with Crippen LogP contribution >= 0.6 is 11.3 Å². The molecular formula is C21H26N4O2S. The van der Waals surface area contributed by atoms with Crippen LogP contribution < -0.4 is 5.32 Å². The number of carbonyl (C=O) groups is 1. The summed E-state index contributed by atoms with van der Waals surface area (Å²) >= 11 is 1.49. The van der Waals surface area contributed by atoms with Gasteiger partial charge in [0.05, 0.1) is 29.8 Å². The van der Waals surface area contributed by atoms with E-state index in [9.17, 15) is 4.79 Å². The third-order valence-electron chi connectivity index (χ3n) is 5.25. The first-order valence-corrected chi connectivity index (χ1v) is 10.4. The second-order valence-electron chi connectivity index (χ2n) is 7.39. The maximum Gasteiger partial charge on any atom is 0.261 e. The first-order chi connectivity index (χ1) is 13.5. The summed E-state index contributed by atoms with van der Waals surface area (Å²) in [7, 11) is 1.92. The molecule has 1 aliphatic heterocycles. The number of aromatic nitrogens is 2. The Morgan fingerprint density at radius 1 is 1.25 bits per heavy atom. The molecule has 3 heterocycles. The van der Waals surface area contributed by atoms with E-state index in [0.29, 0.717) is 0 Å². The molecule has 7 heteroatoms.